The van der Waals surface area contributed by atoms with Gasteiger partial charge >= 0.3 is 0 Å². The minimum Gasteiger partial charge on any atom is -0.336 e. The Morgan fingerprint density at radius 3 is 2.77 bits per heavy atom. The standard InChI is InChI=1S/C11H19NO/c1-4-6-10-7-11(13)12(8-10)9(3)5-2/h6,9H,4-5,7-8H2,1-3H3/b10-6-/t9-/m1/s1. The normalized spacial score (nSPS) is 22.8. The van der Waals surface area contributed by atoms with Crippen LogP contribution in [0.5, 0.6) is 0 Å². The van der Waals surface area contributed by atoms with Crippen LogP contribution in [-0.2, 0) is 4.79 Å². The number of nitrogens with zero attached hydrogens (tertiary/aromatic N) is 1. The average molecular weight is 181 g/mol. The highest BCUT2D eigenvalue weighted by Gasteiger charge is 2.26. The second-order valence-electron chi connectivity index (χ2n) is 3.73. The quantitative estimate of drug-likeness (QED) is 0.612. The van der Waals surface area contributed by atoms with E-state index in [2.05, 4.69) is 26.8 Å². The van der Waals surface area contributed by atoms with Gasteiger partial charge in [0.05, 0.1) is 0 Å². The highest BCUT2D eigenvalue weighted by Crippen LogP contribution is 2.20. The molecule has 0 aromatic rings. The Hall–Kier alpha value is -0.790. The van der Waals surface area contributed by atoms with Crippen molar-refractivity contribution in [3.63, 3.8) is 0 Å². The van der Waals surface area contributed by atoms with Crippen LogP contribution in [0.1, 0.15) is 40.0 Å². The Morgan fingerprint density at radius 2 is 2.23 bits per heavy atom. The van der Waals surface area contributed by atoms with Gasteiger partial charge in [0.1, 0.15) is 0 Å². The molecule has 0 saturated carbocycles. The number of carbonyl (C=O) groups is 1. The monoisotopic (exact) mass is 181 g/mol. The zero-order valence-corrected chi connectivity index (χ0v) is 8.84. The number of likely N-dealkylation sites (tertiary alicyclic amines) is 1. The fraction of sp³-hybridized carbons (Fsp3) is 0.727. The van der Waals surface area contributed by atoms with Crippen molar-refractivity contribution in [1.82, 2.24) is 4.90 Å². The van der Waals surface area contributed by atoms with Crippen LogP contribution in [0.25, 0.3) is 0 Å². The molecule has 1 rings (SSSR count). The molecule has 1 fully saturated rings. The van der Waals surface area contributed by atoms with Crippen LogP contribution in [-0.4, -0.2) is 23.4 Å². The van der Waals surface area contributed by atoms with Gasteiger partial charge in [-0.05, 0) is 25.3 Å². The summed E-state index contributed by atoms with van der Waals surface area (Å²) in [5, 5.41) is 0. The molecule has 0 spiro atoms. The first-order valence-corrected chi connectivity index (χ1v) is 5.16. The molecule has 0 aromatic carbocycles. The van der Waals surface area contributed by atoms with Gasteiger partial charge in [-0.1, -0.05) is 19.9 Å². The number of hydrogen-bond acceptors (Lipinski definition) is 1. The number of rotatable bonds is 3. The Kier molecular flexibility index (Phi) is 3.52. The van der Waals surface area contributed by atoms with Crippen molar-refractivity contribution in [1.29, 1.82) is 0 Å². The minimum atomic E-state index is 0.300. The molecule has 0 radical (unpaired) electrons. The molecule has 1 aliphatic heterocycles. The molecular formula is C11H19NO. The number of allylic oxidation sites excluding steroid dienone is 1. The molecule has 0 N–H and O–H groups in total. The van der Waals surface area contributed by atoms with E-state index in [4.69, 9.17) is 0 Å². The third kappa shape index (κ3) is 2.33. The van der Waals surface area contributed by atoms with E-state index in [1.54, 1.807) is 0 Å². The number of hydrogen-bond donors (Lipinski definition) is 0. The van der Waals surface area contributed by atoms with E-state index in [-0.39, 0.29) is 0 Å². The fourth-order valence-electron chi connectivity index (χ4n) is 1.71. The van der Waals surface area contributed by atoms with Crippen LogP contribution in [0.2, 0.25) is 0 Å². The van der Waals surface area contributed by atoms with Gasteiger partial charge in [0, 0.05) is 19.0 Å². The van der Waals surface area contributed by atoms with E-state index in [0.717, 1.165) is 19.4 Å². The van der Waals surface area contributed by atoms with Gasteiger partial charge < -0.3 is 4.90 Å². The average Bonchev–Trinajstić information content (AvgIpc) is 2.46. The lowest BCUT2D eigenvalue weighted by Crippen LogP contribution is -2.33. The van der Waals surface area contributed by atoms with Crippen molar-refractivity contribution < 1.29 is 4.79 Å². The Bertz CT molecular complexity index is 220. The summed E-state index contributed by atoms with van der Waals surface area (Å²) in [6, 6.07) is 0.398. The summed E-state index contributed by atoms with van der Waals surface area (Å²) in [6.07, 6.45) is 4.92. The first kappa shape index (κ1) is 10.3. The predicted molar refractivity (Wildman–Crippen MR) is 54.5 cm³/mol. The smallest absolute Gasteiger partial charge is 0.227 e. The summed E-state index contributed by atoms with van der Waals surface area (Å²) >= 11 is 0. The number of amides is 1. The molecule has 2 nitrogen and oxygen atoms in total. The SMILES string of the molecule is CC/C=C1/CC(=O)N([C@H](C)CC)C1. The molecule has 1 aliphatic rings. The van der Waals surface area contributed by atoms with Gasteiger partial charge in [-0.2, -0.15) is 0 Å². The van der Waals surface area contributed by atoms with Gasteiger partial charge in [-0.15, -0.1) is 0 Å². The van der Waals surface area contributed by atoms with E-state index >= 15 is 0 Å². The molecule has 2 heteroatoms. The van der Waals surface area contributed by atoms with Crippen LogP contribution in [0, 0.1) is 0 Å². The second kappa shape index (κ2) is 4.45. The van der Waals surface area contributed by atoms with Crippen molar-refractivity contribution >= 4 is 5.91 Å². The van der Waals surface area contributed by atoms with E-state index < -0.39 is 0 Å². The van der Waals surface area contributed by atoms with E-state index in [0.29, 0.717) is 18.4 Å². The Morgan fingerprint density at radius 1 is 1.54 bits per heavy atom. The molecule has 0 bridgehead atoms. The zero-order valence-electron chi connectivity index (χ0n) is 8.84. The van der Waals surface area contributed by atoms with Gasteiger partial charge in [0.2, 0.25) is 5.91 Å². The first-order chi connectivity index (χ1) is 6.19. The van der Waals surface area contributed by atoms with Crippen molar-refractivity contribution in [2.45, 2.75) is 46.1 Å². The summed E-state index contributed by atoms with van der Waals surface area (Å²) in [7, 11) is 0. The van der Waals surface area contributed by atoms with Crippen molar-refractivity contribution in [3.05, 3.63) is 11.6 Å². The molecule has 13 heavy (non-hydrogen) atoms. The van der Waals surface area contributed by atoms with E-state index in [1.807, 2.05) is 4.90 Å². The van der Waals surface area contributed by atoms with Gasteiger partial charge in [0.25, 0.3) is 0 Å². The van der Waals surface area contributed by atoms with Crippen LogP contribution in [0.15, 0.2) is 11.6 Å². The molecule has 1 atom stereocenters. The summed E-state index contributed by atoms with van der Waals surface area (Å²) in [5.41, 5.74) is 1.30. The molecule has 1 saturated heterocycles. The van der Waals surface area contributed by atoms with Gasteiger partial charge in [-0.3, -0.25) is 4.79 Å². The molecule has 0 unspecified atom stereocenters. The van der Waals surface area contributed by atoms with Crippen LogP contribution < -0.4 is 0 Å². The third-order valence-electron chi connectivity index (χ3n) is 2.69. The van der Waals surface area contributed by atoms with E-state index in [1.165, 1.54) is 5.57 Å². The minimum absolute atomic E-state index is 0.300. The summed E-state index contributed by atoms with van der Waals surface area (Å²) in [4.78, 5) is 13.5. The van der Waals surface area contributed by atoms with Crippen LogP contribution in [0.3, 0.4) is 0 Å². The lowest BCUT2D eigenvalue weighted by molar-refractivity contribution is -0.129. The number of carbonyl (C=O) groups excluding carboxylic acids is 1. The zero-order chi connectivity index (χ0) is 9.84. The predicted octanol–water partition coefficient (Wildman–Crippen LogP) is 2.35. The van der Waals surface area contributed by atoms with Crippen molar-refractivity contribution in [2.75, 3.05) is 6.54 Å². The maximum atomic E-state index is 11.5. The molecule has 0 aromatic heterocycles. The summed E-state index contributed by atoms with van der Waals surface area (Å²) < 4.78 is 0. The summed E-state index contributed by atoms with van der Waals surface area (Å²) in [5.74, 6) is 0.300. The van der Waals surface area contributed by atoms with Crippen LogP contribution in [0.4, 0.5) is 0 Å². The molecular weight excluding hydrogens is 162 g/mol. The maximum Gasteiger partial charge on any atom is 0.227 e. The Balaban J connectivity index is 2.61. The summed E-state index contributed by atoms with van der Waals surface area (Å²) in [6.45, 7) is 7.22. The second-order valence-corrected chi connectivity index (χ2v) is 3.73. The lowest BCUT2D eigenvalue weighted by atomic mass is 10.2. The third-order valence-corrected chi connectivity index (χ3v) is 2.69. The van der Waals surface area contributed by atoms with Crippen molar-refractivity contribution in [2.24, 2.45) is 0 Å². The largest absolute Gasteiger partial charge is 0.336 e. The Labute approximate surface area is 80.6 Å². The molecule has 0 aliphatic carbocycles. The van der Waals surface area contributed by atoms with Crippen LogP contribution >= 0.6 is 0 Å². The van der Waals surface area contributed by atoms with Gasteiger partial charge in [0.15, 0.2) is 0 Å². The van der Waals surface area contributed by atoms with E-state index in [9.17, 15) is 4.79 Å². The fourth-order valence-corrected chi connectivity index (χ4v) is 1.71. The first-order valence-electron chi connectivity index (χ1n) is 5.16. The maximum absolute atomic E-state index is 11.5. The van der Waals surface area contributed by atoms with Gasteiger partial charge in [-0.25, -0.2) is 0 Å². The molecule has 74 valence electrons. The lowest BCUT2D eigenvalue weighted by Gasteiger charge is -2.22. The highest BCUT2D eigenvalue weighted by molar-refractivity contribution is 5.82. The molecule has 1 amide bonds. The highest BCUT2D eigenvalue weighted by atomic mass is 16.2. The topological polar surface area (TPSA) is 20.3 Å². The molecule has 1 heterocycles. The van der Waals surface area contributed by atoms with Crippen molar-refractivity contribution in [3.8, 4) is 0 Å².